The van der Waals surface area contributed by atoms with E-state index in [-0.39, 0.29) is 0 Å². The minimum Gasteiger partial charge on any atom is -0.357 e. The van der Waals surface area contributed by atoms with Crippen LogP contribution in [0.2, 0.25) is 0 Å². The normalized spacial score (nSPS) is 9.88. The van der Waals surface area contributed by atoms with E-state index in [1.807, 2.05) is 0 Å². The number of nitrogens with one attached hydrogen (secondary N) is 1. The molecule has 2 aromatic rings. The molecule has 0 aliphatic rings. The first-order chi connectivity index (χ1) is 8.31. The molecule has 0 saturated carbocycles. The molecule has 0 aliphatic carbocycles. The van der Waals surface area contributed by atoms with Crippen LogP contribution in [0.5, 0.6) is 0 Å². The standard InChI is InChI=1S/C13H13N3S/c1-2-10-3-5-11(6-4-10)8-15-13-16-9-12(7-14)17-13/h3-6,9H,2,8H2,1H3,(H,15,16). The molecule has 0 fully saturated rings. The average Bonchev–Trinajstić information content (AvgIpc) is 2.85. The van der Waals surface area contributed by atoms with E-state index in [2.05, 4.69) is 47.6 Å². The van der Waals surface area contributed by atoms with Crippen molar-refractivity contribution in [3.8, 4) is 6.07 Å². The van der Waals surface area contributed by atoms with Gasteiger partial charge in [-0.2, -0.15) is 5.26 Å². The zero-order chi connectivity index (χ0) is 12.1. The van der Waals surface area contributed by atoms with Crippen LogP contribution < -0.4 is 5.32 Å². The minimum atomic E-state index is 0.633. The lowest BCUT2D eigenvalue weighted by Crippen LogP contribution is -1.98. The third-order valence-electron chi connectivity index (χ3n) is 2.49. The summed E-state index contributed by atoms with van der Waals surface area (Å²) in [6.45, 7) is 2.88. The van der Waals surface area contributed by atoms with Crippen molar-refractivity contribution in [3.63, 3.8) is 0 Å². The lowest BCUT2D eigenvalue weighted by atomic mass is 10.1. The summed E-state index contributed by atoms with van der Waals surface area (Å²) in [5.74, 6) is 0. The average molecular weight is 243 g/mol. The number of hydrogen-bond donors (Lipinski definition) is 1. The van der Waals surface area contributed by atoms with E-state index >= 15 is 0 Å². The third-order valence-corrected chi connectivity index (χ3v) is 3.35. The first kappa shape index (κ1) is 11.6. The van der Waals surface area contributed by atoms with E-state index in [9.17, 15) is 0 Å². The van der Waals surface area contributed by atoms with Crippen molar-refractivity contribution in [2.24, 2.45) is 0 Å². The van der Waals surface area contributed by atoms with Crippen LogP contribution in [0.4, 0.5) is 5.13 Å². The van der Waals surface area contributed by atoms with Gasteiger partial charge < -0.3 is 5.32 Å². The number of anilines is 1. The molecule has 0 bridgehead atoms. The lowest BCUT2D eigenvalue weighted by molar-refractivity contribution is 1.10. The van der Waals surface area contributed by atoms with Gasteiger partial charge in [-0.1, -0.05) is 42.5 Å². The van der Waals surface area contributed by atoms with Gasteiger partial charge in [-0.15, -0.1) is 0 Å². The van der Waals surface area contributed by atoms with Gasteiger partial charge in [-0.05, 0) is 17.5 Å². The van der Waals surface area contributed by atoms with Crippen molar-refractivity contribution in [3.05, 3.63) is 46.5 Å². The number of thiazole rings is 1. The SMILES string of the molecule is CCc1ccc(CNc2ncc(C#N)s2)cc1. The second-order valence-electron chi connectivity index (χ2n) is 3.67. The van der Waals surface area contributed by atoms with Gasteiger partial charge in [0.15, 0.2) is 5.13 Å². The monoisotopic (exact) mass is 243 g/mol. The number of rotatable bonds is 4. The largest absolute Gasteiger partial charge is 0.357 e. The molecular weight excluding hydrogens is 230 g/mol. The third kappa shape index (κ3) is 3.05. The topological polar surface area (TPSA) is 48.7 Å². The molecule has 0 radical (unpaired) electrons. The maximum absolute atomic E-state index is 8.69. The Balaban J connectivity index is 1.95. The van der Waals surface area contributed by atoms with Crippen LogP contribution in [0.1, 0.15) is 22.9 Å². The second kappa shape index (κ2) is 5.46. The van der Waals surface area contributed by atoms with Crippen LogP contribution in [0, 0.1) is 11.3 Å². The fraction of sp³-hybridized carbons (Fsp3) is 0.231. The minimum absolute atomic E-state index is 0.633. The van der Waals surface area contributed by atoms with Gasteiger partial charge in [0.25, 0.3) is 0 Å². The Labute approximate surface area is 105 Å². The van der Waals surface area contributed by atoms with Crippen LogP contribution in [0.25, 0.3) is 0 Å². The molecule has 4 heteroatoms. The maximum atomic E-state index is 8.69. The fourth-order valence-electron chi connectivity index (χ4n) is 1.48. The Morgan fingerprint density at radius 3 is 2.59 bits per heavy atom. The van der Waals surface area contributed by atoms with Crippen LogP contribution in [0.3, 0.4) is 0 Å². The Morgan fingerprint density at radius 1 is 1.29 bits per heavy atom. The first-order valence-electron chi connectivity index (χ1n) is 5.49. The highest BCUT2D eigenvalue weighted by Gasteiger charge is 2.00. The molecule has 0 aliphatic heterocycles. The van der Waals surface area contributed by atoms with Gasteiger partial charge in [0.1, 0.15) is 10.9 Å². The van der Waals surface area contributed by atoms with E-state index in [1.54, 1.807) is 6.20 Å². The zero-order valence-electron chi connectivity index (χ0n) is 9.60. The summed E-state index contributed by atoms with van der Waals surface area (Å²) in [7, 11) is 0. The maximum Gasteiger partial charge on any atom is 0.184 e. The molecule has 1 aromatic carbocycles. The Bertz CT molecular complexity index is 522. The summed E-state index contributed by atoms with van der Waals surface area (Å²) >= 11 is 1.38. The Hall–Kier alpha value is -1.86. The molecule has 0 spiro atoms. The molecule has 0 unspecified atom stereocenters. The van der Waals surface area contributed by atoms with Crippen molar-refractivity contribution in [1.29, 1.82) is 5.26 Å². The fourth-order valence-corrected chi connectivity index (χ4v) is 2.09. The summed E-state index contributed by atoms with van der Waals surface area (Å²) < 4.78 is 0. The number of nitrogens with zero attached hydrogens (tertiary/aromatic N) is 2. The van der Waals surface area contributed by atoms with Crippen LogP contribution in [0.15, 0.2) is 30.5 Å². The quantitative estimate of drug-likeness (QED) is 0.897. The highest BCUT2D eigenvalue weighted by atomic mass is 32.1. The number of hydrogen-bond acceptors (Lipinski definition) is 4. The van der Waals surface area contributed by atoms with Crippen molar-refractivity contribution < 1.29 is 0 Å². The van der Waals surface area contributed by atoms with Gasteiger partial charge in [-0.25, -0.2) is 4.98 Å². The molecule has 1 aromatic heterocycles. The van der Waals surface area contributed by atoms with E-state index < -0.39 is 0 Å². The van der Waals surface area contributed by atoms with Gasteiger partial charge in [-0.3, -0.25) is 0 Å². The molecule has 3 nitrogen and oxygen atoms in total. The van der Waals surface area contributed by atoms with Gasteiger partial charge in [0.05, 0.1) is 6.20 Å². The van der Waals surface area contributed by atoms with Crippen molar-refractivity contribution in [1.82, 2.24) is 4.98 Å². The van der Waals surface area contributed by atoms with E-state index in [1.165, 1.54) is 22.5 Å². The molecule has 1 N–H and O–H groups in total. The van der Waals surface area contributed by atoms with Crippen LogP contribution >= 0.6 is 11.3 Å². The Kier molecular flexibility index (Phi) is 3.73. The molecule has 17 heavy (non-hydrogen) atoms. The van der Waals surface area contributed by atoms with Gasteiger partial charge in [0, 0.05) is 6.54 Å². The van der Waals surface area contributed by atoms with Crippen molar-refractivity contribution in [2.45, 2.75) is 19.9 Å². The number of nitriles is 1. The molecular formula is C13H13N3S. The summed E-state index contributed by atoms with van der Waals surface area (Å²) in [4.78, 5) is 4.75. The summed E-state index contributed by atoms with van der Waals surface area (Å²) in [5.41, 5.74) is 2.56. The number of aromatic nitrogens is 1. The summed E-state index contributed by atoms with van der Waals surface area (Å²) in [6.07, 6.45) is 2.65. The molecule has 86 valence electrons. The molecule has 1 heterocycles. The first-order valence-corrected chi connectivity index (χ1v) is 6.31. The van der Waals surface area contributed by atoms with E-state index in [4.69, 9.17) is 5.26 Å². The molecule has 0 saturated heterocycles. The van der Waals surface area contributed by atoms with Crippen molar-refractivity contribution >= 4 is 16.5 Å². The van der Waals surface area contributed by atoms with Crippen LogP contribution in [-0.4, -0.2) is 4.98 Å². The van der Waals surface area contributed by atoms with Crippen molar-refractivity contribution in [2.75, 3.05) is 5.32 Å². The lowest BCUT2D eigenvalue weighted by Gasteiger charge is -2.03. The smallest absolute Gasteiger partial charge is 0.184 e. The summed E-state index contributed by atoms with van der Waals surface area (Å²) in [5, 5.41) is 12.7. The Morgan fingerprint density at radius 2 is 2.00 bits per heavy atom. The second-order valence-corrected chi connectivity index (χ2v) is 4.70. The number of benzene rings is 1. The predicted molar refractivity (Wildman–Crippen MR) is 70.0 cm³/mol. The zero-order valence-corrected chi connectivity index (χ0v) is 10.4. The highest BCUT2D eigenvalue weighted by Crippen LogP contribution is 2.17. The van der Waals surface area contributed by atoms with Gasteiger partial charge >= 0.3 is 0 Å². The predicted octanol–water partition coefficient (Wildman–Crippen LogP) is 3.19. The van der Waals surface area contributed by atoms with Gasteiger partial charge in [0.2, 0.25) is 0 Å². The molecule has 0 amide bonds. The summed E-state index contributed by atoms with van der Waals surface area (Å²) in [6, 6.07) is 10.6. The molecule has 0 atom stereocenters. The highest BCUT2D eigenvalue weighted by molar-refractivity contribution is 7.16. The molecule has 2 rings (SSSR count). The van der Waals surface area contributed by atoms with Crippen LogP contribution in [-0.2, 0) is 13.0 Å². The number of aryl methyl sites for hydroxylation is 1. The van der Waals surface area contributed by atoms with E-state index in [0.29, 0.717) is 4.88 Å². The van der Waals surface area contributed by atoms with E-state index in [0.717, 1.165) is 18.1 Å².